The van der Waals surface area contributed by atoms with Crippen LogP contribution in [0.15, 0.2) is 12.2 Å². The van der Waals surface area contributed by atoms with Crippen molar-refractivity contribution >= 4 is 5.91 Å². The molecule has 0 aliphatic heterocycles. The maximum absolute atomic E-state index is 12.6. The average Bonchev–Trinajstić information content (AvgIpc) is 3.26. The second-order valence-electron chi connectivity index (χ2n) is 19.3. The molecule has 6 nitrogen and oxygen atoms in total. The molecule has 0 aromatic heterocycles. The van der Waals surface area contributed by atoms with Gasteiger partial charge in [0.25, 0.3) is 0 Å². The molecule has 0 heterocycles. The Labute approximate surface area is 381 Å². The lowest BCUT2D eigenvalue weighted by Gasteiger charge is -2.27. The van der Waals surface area contributed by atoms with Gasteiger partial charge >= 0.3 is 0 Å². The van der Waals surface area contributed by atoms with E-state index in [-0.39, 0.29) is 0 Å². The standard InChI is InChI=1S/C55H109NO5/c1-3-5-7-9-11-13-15-17-19-21-23-25-27-29-31-33-35-37-39-41-43-45-47-49-53(59)55(61)56-51(50-57)54(60)52(58)48-46-44-42-40-38-36-34-32-30-28-26-24-22-20-18-16-14-12-10-8-6-4-2/h40,42,51-54,57-60H,3-39,41,43-50H2,1-2H3,(H,56,61)/b42-40+. The van der Waals surface area contributed by atoms with Gasteiger partial charge in [-0.15, -0.1) is 0 Å². The fraction of sp³-hybridized carbons (Fsp3) is 0.945. The van der Waals surface area contributed by atoms with Crippen molar-refractivity contribution in [2.45, 2.75) is 327 Å². The zero-order valence-corrected chi connectivity index (χ0v) is 41.2. The van der Waals surface area contributed by atoms with E-state index in [1.165, 1.54) is 238 Å². The first-order valence-electron chi connectivity index (χ1n) is 27.6. The summed E-state index contributed by atoms with van der Waals surface area (Å²) >= 11 is 0. The number of carbonyl (C=O) groups excluding carboxylic acids is 1. The third-order valence-corrected chi connectivity index (χ3v) is 13.2. The minimum atomic E-state index is -1.28. The predicted octanol–water partition coefficient (Wildman–Crippen LogP) is 15.7. The molecule has 4 unspecified atom stereocenters. The molecule has 5 N–H and O–H groups in total. The Bertz CT molecular complexity index is 882. The van der Waals surface area contributed by atoms with Crippen molar-refractivity contribution in [3.63, 3.8) is 0 Å². The van der Waals surface area contributed by atoms with Crippen LogP contribution in [0.25, 0.3) is 0 Å². The number of nitrogens with one attached hydrogen (secondary N) is 1. The van der Waals surface area contributed by atoms with Gasteiger partial charge in [0, 0.05) is 0 Å². The number of rotatable bonds is 51. The Morgan fingerprint density at radius 3 is 0.984 bits per heavy atom. The molecule has 0 saturated heterocycles. The van der Waals surface area contributed by atoms with E-state index >= 15 is 0 Å². The number of allylic oxidation sites excluding steroid dienone is 2. The highest BCUT2D eigenvalue weighted by atomic mass is 16.3. The highest BCUT2D eigenvalue weighted by Crippen LogP contribution is 2.18. The lowest BCUT2D eigenvalue weighted by molar-refractivity contribution is -0.132. The number of hydrogen-bond acceptors (Lipinski definition) is 5. The van der Waals surface area contributed by atoms with Crippen LogP contribution in [0.1, 0.15) is 303 Å². The van der Waals surface area contributed by atoms with Crippen molar-refractivity contribution in [1.29, 1.82) is 0 Å². The molecule has 0 aliphatic rings. The monoisotopic (exact) mass is 864 g/mol. The first-order chi connectivity index (χ1) is 30.0. The lowest BCUT2D eigenvalue weighted by atomic mass is 10.00. The first-order valence-corrected chi connectivity index (χ1v) is 27.6. The molecule has 0 rings (SSSR count). The third-order valence-electron chi connectivity index (χ3n) is 13.2. The van der Waals surface area contributed by atoms with Crippen LogP contribution in [0.4, 0.5) is 0 Å². The second kappa shape index (κ2) is 50.1. The normalized spacial score (nSPS) is 13.9. The fourth-order valence-corrected chi connectivity index (χ4v) is 8.88. The van der Waals surface area contributed by atoms with Crippen molar-refractivity contribution in [1.82, 2.24) is 5.32 Å². The molecule has 0 aromatic rings. The largest absolute Gasteiger partial charge is 0.394 e. The molecule has 0 aromatic carbocycles. The lowest BCUT2D eigenvalue weighted by Crippen LogP contribution is -2.53. The van der Waals surface area contributed by atoms with E-state index in [1.54, 1.807) is 0 Å². The predicted molar refractivity (Wildman–Crippen MR) is 265 cm³/mol. The smallest absolute Gasteiger partial charge is 0.249 e. The quantitative estimate of drug-likeness (QED) is 0.0309. The summed E-state index contributed by atoms with van der Waals surface area (Å²) in [6.07, 6.45) is 58.5. The van der Waals surface area contributed by atoms with Crippen LogP contribution in [-0.4, -0.2) is 57.3 Å². The summed E-state index contributed by atoms with van der Waals surface area (Å²) in [7, 11) is 0. The Kier molecular flexibility index (Phi) is 49.3. The van der Waals surface area contributed by atoms with Crippen molar-refractivity contribution in [2.24, 2.45) is 0 Å². The second-order valence-corrected chi connectivity index (χ2v) is 19.3. The van der Waals surface area contributed by atoms with Crippen molar-refractivity contribution in [3.8, 4) is 0 Å². The highest BCUT2D eigenvalue weighted by molar-refractivity contribution is 5.80. The zero-order chi connectivity index (χ0) is 44.5. The summed E-state index contributed by atoms with van der Waals surface area (Å²) in [6.45, 7) is 4.08. The molecule has 0 fully saturated rings. The summed E-state index contributed by atoms with van der Waals surface area (Å²) in [5, 5.41) is 43.9. The van der Waals surface area contributed by atoms with Gasteiger partial charge in [0.1, 0.15) is 12.2 Å². The van der Waals surface area contributed by atoms with Crippen molar-refractivity contribution < 1.29 is 25.2 Å². The number of hydrogen-bond donors (Lipinski definition) is 5. The van der Waals surface area contributed by atoms with E-state index in [0.717, 1.165) is 38.5 Å². The van der Waals surface area contributed by atoms with Crippen LogP contribution < -0.4 is 5.32 Å². The van der Waals surface area contributed by atoms with E-state index in [4.69, 9.17) is 0 Å². The van der Waals surface area contributed by atoms with E-state index < -0.39 is 36.9 Å². The minimum absolute atomic E-state index is 0.369. The summed E-state index contributed by atoms with van der Waals surface area (Å²) < 4.78 is 0. The molecule has 61 heavy (non-hydrogen) atoms. The fourth-order valence-electron chi connectivity index (χ4n) is 8.88. The molecule has 0 bridgehead atoms. The van der Waals surface area contributed by atoms with Crippen molar-refractivity contribution in [3.05, 3.63) is 12.2 Å². The van der Waals surface area contributed by atoms with E-state index in [1.807, 2.05) is 0 Å². The highest BCUT2D eigenvalue weighted by Gasteiger charge is 2.28. The van der Waals surface area contributed by atoms with E-state index in [9.17, 15) is 25.2 Å². The minimum Gasteiger partial charge on any atom is -0.394 e. The molecule has 1 amide bonds. The molecule has 0 radical (unpaired) electrons. The van der Waals surface area contributed by atoms with Gasteiger partial charge in [-0.3, -0.25) is 4.79 Å². The topological polar surface area (TPSA) is 110 Å². The summed E-state index contributed by atoms with van der Waals surface area (Å²) in [5.41, 5.74) is 0. The summed E-state index contributed by atoms with van der Waals surface area (Å²) in [6, 6.07) is -0.998. The SMILES string of the molecule is CCCCCCCCCCCCCCCCCCC/C=C/CCCC(O)C(O)C(CO)NC(=O)C(O)CCCCCCCCCCCCCCCCCCCCCCCCC. The number of aliphatic hydroxyl groups is 4. The number of amides is 1. The molecular formula is C55H109NO5. The maximum atomic E-state index is 12.6. The number of unbranched alkanes of at least 4 members (excludes halogenated alkanes) is 40. The van der Waals surface area contributed by atoms with Crippen LogP contribution in [0.3, 0.4) is 0 Å². The summed E-state index contributed by atoms with van der Waals surface area (Å²) in [4.78, 5) is 12.6. The van der Waals surface area contributed by atoms with Gasteiger partial charge < -0.3 is 25.7 Å². The van der Waals surface area contributed by atoms with Gasteiger partial charge in [-0.25, -0.2) is 0 Å². The van der Waals surface area contributed by atoms with E-state index in [2.05, 4.69) is 31.3 Å². The summed E-state index contributed by atoms with van der Waals surface area (Å²) in [5.74, 6) is -0.587. The Balaban J connectivity index is 3.64. The van der Waals surface area contributed by atoms with Crippen LogP contribution in [0.2, 0.25) is 0 Å². The Morgan fingerprint density at radius 2 is 0.672 bits per heavy atom. The van der Waals surface area contributed by atoms with Crippen LogP contribution >= 0.6 is 0 Å². The zero-order valence-electron chi connectivity index (χ0n) is 41.2. The number of carbonyl (C=O) groups is 1. The molecule has 4 atom stereocenters. The number of aliphatic hydroxyl groups excluding tert-OH is 4. The molecule has 364 valence electrons. The van der Waals surface area contributed by atoms with Gasteiger partial charge in [0.2, 0.25) is 5.91 Å². The van der Waals surface area contributed by atoms with Gasteiger partial charge in [-0.05, 0) is 38.5 Å². The molecule has 0 saturated carbocycles. The molecule has 0 aliphatic carbocycles. The Hall–Kier alpha value is -0.950. The molecular weight excluding hydrogens is 755 g/mol. The van der Waals surface area contributed by atoms with Gasteiger partial charge in [0.15, 0.2) is 0 Å². The first kappa shape index (κ1) is 60.1. The average molecular weight is 864 g/mol. The van der Waals surface area contributed by atoms with Gasteiger partial charge in [-0.2, -0.15) is 0 Å². The third kappa shape index (κ3) is 44.1. The van der Waals surface area contributed by atoms with Crippen LogP contribution in [-0.2, 0) is 4.79 Å². The van der Waals surface area contributed by atoms with Crippen LogP contribution in [0, 0.1) is 0 Å². The van der Waals surface area contributed by atoms with E-state index in [0.29, 0.717) is 12.8 Å². The van der Waals surface area contributed by atoms with Gasteiger partial charge in [0.05, 0.1) is 18.8 Å². The molecule has 6 heteroatoms. The Morgan fingerprint density at radius 1 is 0.393 bits per heavy atom. The van der Waals surface area contributed by atoms with Crippen LogP contribution in [0.5, 0.6) is 0 Å². The van der Waals surface area contributed by atoms with Crippen molar-refractivity contribution in [2.75, 3.05) is 6.61 Å². The maximum Gasteiger partial charge on any atom is 0.249 e. The van der Waals surface area contributed by atoms with Gasteiger partial charge in [-0.1, -0.05) is 276 Å². The molecule has 0 spiro atoms.